The molecular formula is C25H28N4O4. The van der Waals surface area contributed by atoms with Gasteiger partial charge in [-0.2, -0.15) is 0 Å². The molecule has 0 radical (unpaired) electrons. The van der Waals surface area contributed by atoms with E-state index < -0.39 is 12.2 Å². The molecule has 2 atom stereocenters. The Labute approximate surface area is 193 Å². The third-order valence-electron chi connectivity index (χ3n) is 6.32. The van der Waals surface area contributed by atoms with Crippen molar-refractivity contribution in [1.29, 1.82) is 0 Å². The highest BCUT2D eigenvalue weighted by atomic mass is 16.2. The first-order valence-electron chi connectivity index (χ1n) is 11.2. The number of carbonyl (C=O) groups excluding carboxylic acids is 4. The SMILES string of the molecule is CC(=O)c1ccc(NC(=O)N2CCC(=O)N3[C@@H]2CN(CCc2ccccc2)C(=O)[C@@H]3C)cc1. The minimum absolute atomic E-state index is 0.0467. The van der Waals surface area contributed by atoms with Gasteiger partial charge in [-0.1, -0.05) is 30.3 Å². The normalized spacial score (nSPS) is 20.5. The van der Waals surface area contributed by atoms with Gasteiger partial charge in [-0.15, -0.1) is 0 Å². The van der Waals surface area contributed by atoms with E-state index in [1.165, 1.54) is 6.92 Å². The quantitative estimate of drug-likeness (QED) is 0.713. The Bertz CT molecular complexity index is 1050. The van der Waals surface area contributed by atoms with E-state index in [1.807, 2.05) is 30.3 Å². The van der Waals surface area contributed by atoms with Gasteiger partial charge >= 0.3 is 6.03 Å². The second-order valence-corrected chi connectivity index (χ2v) is 8.48. The van der Waals surface area contributed by atoms with E-state index >= 15 is 0 Å². The first-order chi connectivity index (χ1) is 15.8. The molecule has 2 heterocycles. The second-order valence-electron chi connectivity index (χ2n) is 8.48. The molecule has 2 aliphatic rings. The molecule has 1 N–H and O–H groups in total. The first kappa shape index (κ1) is 22.5. The van der Waals surface area contributed by atoms with Crippen LogP contribution in [0.25, 0.3) is 0 Å². The Kier molecular flexibility index (Phi) is 6.44. The fourth-order valence-corrected chi connectivity index (χ4v) is 4.47. The number of hydrogen-bond donors (Lipinski definition) is 1. The molecule has 33 heavy (non-hydrogen) atoms. The molecule has 8 heteroatoms. The molecule has 8 nitrogen and oxygen atoms in total. The summed E-state index contributed by atoms with van der Waals surface area (Å²) in [4.78, 5) is 55.2. The molecule has 0 spiro atoms. The number of fused-ring (bicyclic) bond motifs is 1. The number of carbonyl (C=O) groups is 4. The summed E-state index contributed by atoms with van der Waals surface area (Å²) in [6, 6.07) is 15.6. The van der Waals surface area contributed by atoms with Gasteiger partial charge in [0, 0.05) is 30.8 Å². The summed E-state index contributed by atoms with van der Waals surface area (Å²) in [7, 11) is 0. The minimum Gasteiger partial charge on any atom is -0.337 e. The van der Waals surface area contributed by atoms with Gasteiger partial charge in [0.2, 0.25) is 11.8 Å². The molecule has 4 rings (SSSR count). The van der Waals surface area contributed by atoms with Crippen molar-refractivity contribution < 1.29 is 19.2 Å². The lowest BCUT2D eigenvalue weighted by molar-refractivity contribution is -0.165. The zero-order valence-electron chi connectivity index (χ0n) is 18.9. The molecule has 0 bridgehead atoms. The van der Waals surface area contributed by atoms with Crippen molar-refractivity contribution >= 4 is 29.3 Å². The first-order valence-corrected chi connectivity index (χ1v) is 11.2. The molecule has 4 amide bonds. The van der Waals surface area contributed by atoms with Crippen LogP contribution in [0, 0.1) is 0 Å². The lowest BCUT2D eigenvalue weighted by Crippen LogP contribution is -2.71. The summed E-state index contributed by atoms with van der Waals surface area (Å²) in [5.74, 6) is -0.259. The van der Waals surface area contributed by atoms with Gasteiger partial charge in [0.05, 0.1) is 6.54 Å². The van der Waals surface area contributed by atoms with E-state index in [2.05, 4.69) is 5.32 Å². The third kappa shape index (κ3) is 4.74. The molecule has 2 aliphatic heterocycles. The molecule has 0 aliphatic carbocycles. The van der Waals surface area contributed by atoms with E-state index in [-0.39, 0.29) is 43.1 Å². The van der Waals surface area contributed by atoms with Crippen molar-refractivity contribution in [3.63, 3.8) is 0 Å². The molecule has 0 unspecified atom stereocenters. The number of nitrogens with one attached hydrogen (secondary N) is 1. The number of urea groups is 1. The second kappa shape index (κ2) is 9.44. The van der Waals surface area contributed by atoms with Crippen LogP contribution < -0.4 is 5.32 Å². The zero-order chi connectivity index (χ0) is 23.5. The summed E-state index contributed by atoms with van der Waals surface area (Å²) in [6.45, 7) is 4.29. The molecule has 2 aromatic carbocycles. The topological polar surface area (TPSA) is 90.0 Å². The Hall–Kier alpha value is -3.68. The number of nitrogens with zero attached hydrogens (tertiary/aromatic N) is 3. The van der Waals surface area contributed by atoms with Crippen LogP contribution in [0.2, 0.25) is 0 Å². The van der Waals surface area contributed by atoms with Crippen molar-refractivity contribution in [2.75, 3.05) is 25.0 Å². The number of rotatable bonds is 5. The van der Waals surface area contributed by atoms with Crippen LogP contribution in [0.4, 0.5) is 10.5 Å². The average Bonchev–Trinajstić information content (AvgIpc) is 2.81. The van der Waals surface area contributed by atoms with E-state index in [0.29, 0.717) is 24.2 Å². The average molecular weight is 449 g/mol. The summed E-state index contributed by atoms with van der Waals surface area (Å²) in [5, 5.41) is 2.86. The highest BCUT2D eigenvalue weighted by molar-refractivity contribution is 5.96. The van der Waals surface area contributed by atoms with Crippen molar-refractivity contribution in [3.05, 3.63) is 65.7 Å². The van der Waals surface area contributed by atoms with Crippen molar-refractivity contribution in [2.24, 2.45) is 0 Å². The monoisotopic (exact) mass is 448 g/mol. The molecule has 2 fully saturated rings. The Morgan fingerprint density at radius 3 is 2.39 bits per heavy atom. The third-order valence-corrected chi connectivity index (χ3v) is 6.32. The number of hydrogen-bond acceptors (Lipinski definition) is 4. The van der Waals surface area contributed by atoms with E-state index in [1.54, 1.807) is 45.9 Å². The van der Waals surface area contributed by atoms with Crippen LogP contribution in [-0.4, -0.2) is 70.2 Å². The maximum Gasteiger partial charge on any atom is 0.323 e. The van der Waals surface area contributed by atoms with Crippen molar-refractivity contribution in [3.8, 4) is 0 Å². The molecule has 2 aromatic rings. The molecule has 0 saturated carbocycles. The van der Waals surface area contributed by atoms with Gasteiger partial charge in [0.1, 0.15) is 12.2 Å². The highest BCUT2D eigenvalue weighted by Gasteiger charge is 2.46. The number of amides is 4. The lowest BCUT2D eigenvalue weighted by Gasteiger charge is -2.51. The number of Topliss-reactive ketones (excluding diaryl/α,β-unsaturated/α-hetero) is 1. The van der Waals surface area contributed by atoms with E-state index in [0.717, 1.165) is 5.56 Å². The number of ketones is 1. The highest BCUT2D eigenvalue weighted by Crippen LogP contribution is 2.26. The summed E-state index contributed by atoms with van der Waals surface area (Å²) in [5.41, 5.74) is 2.26. The van der Waals surface area contributed by atoms with Crippen LogP contribution in [0.3, 0.4) is 0 Å². The molecular weight excluding hydrogens is 420 g/mol. The Morgan fingerprint density at radius 1 is 1.03 bits per heavy atom. The van der Waals surface area contributed by atoms with Crippen molar-refractivity contribution in [2.45, 2.75) is 38.9 Å². The molecule has 0 aromatic heterocycles. The maximum atomic E-state index is 13.1. The van der Waals surface area contributed by atoms with Crippen LogP contribution >= 0.6 is 0 Å². The fourth-order valence-electron chi connectivity index (χ4n) is 4.47. The Balaban J connectivity index is 1.49. The standard InChI is InChI=1S/C25H28N4O4/c1-17-24(32)27(14-12-19-6-4-3-5-7-19)16-22-28(15-13-23(31)29(17)22)25(33)26-21-10-8-20(9-11-21)18(2)30/h3-11,17,22H,12-16H2,1-2H3,(H,26,33)/t17-,22+/m0/s1. The molecule has 172 valence electrons. The smallest absolute Gasteiger partial charge is 0.323 e. The number of benzene rings is 2. The Morgan fingerprint density at radius 2 is 1.73 bits per heavy atom. The van der Waals surface area contributed by atoms with E-state index in [9.17, 15) is 19.2 Å². The van der Waals surface area contributed by atoms with Gasteiger partial charge < -0.3 is 20.0 Å². The summed E-state index contributed by atoms with van der Waals surface area (Å²) in [6.07, 6.45) is 0.356. The summed E-state index contributed by atoms with van der Waals surface area (Å²) >= 11 is 0. The number of anilines is 1. The summed E-state index contributed by atoms with van der Waals surface area (Å²) < 4.78 is 0. The predicted molar refractivity (Wildman–Crippen MR) is 124 cm³/mol. The largest absolute Gasteiger partial charge is 0.337 e. The van der Waals surface area contributed by atoms with Gasteiger partial charge in [0.15, 0.2) is 5.78 Å². The predicted octanol–water partition coefficient (Wildman–Crippen LogP) is 2.75. The van der Waals surface area contributed by atoms with Crippen LogP contribution in [0.15, 0.2) is 54.6 Å². The minimum atomic E-state index is -0.627. The lowest BCUT2D eigenvalue weighted by atomic mass is 10.0. The van der Waals surface area contributed by atoms with Crippen LogP contribution in [0.1, 0.15) is 36.2 Å². The zero-order valence-corrected chi connectivity index (χ0v) is 18.9. The van der Waals surface area contributed by atoms with Crippen molar-refractivity contribution in [1.82, 2.24) is 14.7 Å². The van der Waals surface area contributed by atoms with E-state index in [4.69, 9.17) is 0 Å². The van der Waals surface area contributed by atoms with Gasteiger partial charge in [0.25, 0.3) is 0 Å². The maximum absolute atomic E-state index is 13.1. The van der Waals surface area contributed by atoms with Crippen LogP contribution in [0.5, 0.6) is 0 Å². The fraction of sp³-hybridized carbons (Fsp3) is 0.360. The van der Waals surface area contributed by atoms with Gasteiger partial charge in [-0.05, 0) is 50.1 Å². The molecule has 2 saturated heterocycles. The number of piperazine rings is 1. The van der Waals surface area contributed by atoms with Gasteiger partial charge in [-0.25, -0.2) is 4.79 Å². The van der Waals surface area contributed by atoms with Gasteiger partial charge in [-0.3, -0.25) is 14.4 Å². The van der Waals surface area contributed by atoms with Crippen LogP contribution in [-0.2, 0) is 16.0 Å².